The molecule has 2 aromatic carbocycles. The molecule has 150 valence electrons. The Hall–Kier alpha value is -2.11. The highest BCUT2D eigenvalue weighted by atomic mass is 79.9. The highest BCUT2D eigenvalue weighted by Crippen LogP contribution is 2.43. The second kappa shape index (κ2) is 6.71. The minimum atomic E-state index is -1.27. The Balaban J connectivity index is 1.75. The van der Waals surface area contributed by atoms with Crippen LogP contribution in [0.3, 0.4) is 0 Å². The molecule has 0 spiro atoms. The molecule has 0 saturated heterocycles. The molecule has 1 aliphatic rings. The van der Waals surface area contributed by atoms with Crippen LogP contribution in [-0.2, 0) is 6.42 Å². The molecular formula is C24H25BrFN3. The number of fused-ring (bicyclic) bond motifs is 4. The van der Waals surface area contributed by atoms with Gasteiger partial charge in [-0.3, -0.25) is 4.90 Å². The van der Waals surface area contributed by atoms with Crippen LogP contribution in [0.2, 0.25) is 0 Å². The first-order chi connectivity index (χ1) is 13.8. The van der Waals surface area contributed by atoms with E-state index < -0.39 is 5.67 Å². The van der Waals surface area contributed by atoms with Gasteiger partial charge in [-0.1, -0.05) is 40.2 Å². The van der Waals surface area contributed by atoms with Gasteiger partial charge in [-0.2, -0.15) is 0 Å². The van der Waals surface area contributed by atoms with Crippen molar-refractivity contribution in [3.63, 3.8) is 0 Å². The van der Waals surface area contributed by atoms with Crippen molar-refractivity contribution in [1.29, 1.82) is 0 Å². The first kappa shape index (κ1) is 18.9. The van der Waals surface area contributed by atoms with E-state index in [1.54, 1.807) is 13.8 Å². The van der Waals surface area contributed by atoms with Crippen molar-refractivity contribution >= 4 is 37.7 Å². The Labute approximate surface area is 178 Å². The molecule has 5 heteroatoms. The number of para-hydroxylation sites is 1. The molecule has 0 saturated carbocycles. The SMILES string of the molecule is C[C@@H]1Cc2c([nH]c3ccccc23)[C@@H](c2c[nH]c3cc(Br)ccc23)N1CC(C)(C)F. The predicted molar refractivity (Wildman–Crippen MR) is 121 cm³/mol. The molecule has 3 nitrogen and oxygen atoms in total. The second-order valence-electron chi connectivity index (χ2n) is 8.84. The zero-order chi connectivity index (χ0) is 20.3. The molecule has 2 aromatic heterocycles. The minimum absolute atomic E-state index is 0.0221. The maximum absolute atomic E-state index is 14.8. The molecule has 29 heavy (non-hydrogen) atoms. The van der Waals surface area contributed by atoms with Crippen molar-refractivity contribution in [3.8, 4) is 0 Å². The molecule has 0 amide bonds. The van der Waals surface area contributed by atoms with Gasteiger partial charge in [0.15, 0.2) is 0 Å². The summed E-state index contributed by atoms with van der Waals surface area (Å²) >= 11 is 3.56. The Morgan fingerprint density at radius 1 is 1.14 bits per heavy atom. The van der Waals surface area contributed by atoms with E-state index in [9.17, 15) is 4.39 Å². The van der Waals surface area contributed by atoms with E-state index in [0.717, 1.165) is 21.9 Å². The van der Waals surface area contributed by atoms with Crippen LogP contribution in [0.25, 0.3) is 21.8 Å². The topological polar surface area (TPSA) is 34.8 Å². The van der Waals surface area contributed by atoms with Gasteiger partial charge in [0.1, 0.15) is 5.67 Å². The third-order valence-electron chi connectivity index (χ3n) is 6.05. The normalized spacial score (nSPS) is 20.4. The zero-order valence-electron chi connectivity index (χ0n) is 16.9. The van der Waals surface area contributed by atoms with Crippen LogP contribution in [0.1, 0.15) is 43.6 Å². The van der Waals surface area contributed by atoms with Crippen molar-refractivity contribution in [2.45, 2.75) is 44.9 Å². The summed E-state index contributed by atoms with van der Waals surface area (Å²) in [7, 11) is 0. The van der Waals surface area contributed by atoms with Crippen LogP contribution in [0, 0.1) is 0 Å². The number of hydrogen-bond acceptors (Lipinski definition) is 1. The molecule has 0 fully saturated rings. The van der Waals surface area contributed by atoms with Gasteiger partial charge in [0.05, 0.1) is 6.04 Å². The van der Waals surface area contributed by atoms with E-state index in [0.29, 0.717) is 6.54 Å². The van der Waals surface area contributed by atoms with Crippen LogP contribution in [-0.4, -0.2) is 33.1 Å². The van der Waals surface area contributed by atoms with Crippen LogP contribution in [0.15, 0.2) is 53.1 Å². The van der Waals surface area contributed by atoms with Gasteiger partial charge in [-0.15, -0.1) is 0 Å². The number of halogens is 2. The molecule has 4 aromatic rings. The lowest BCUT2D eigenvalue weighted by atomic mass is 9.87. The molecule has 1 aliphatic heterocycles. The largest absolute Gasteiger partial charge is 0.361 e. The Bertz CT molecular complexity index is 1200. The molecular weight excluding hydrogens is 429 g/mol. The van der Waals surface area contributed by atoms with Gasteiger partial charge < -0.3 is 9.97 Å². The summed E-state index contributed by atoms with van der Waals surface area (Å²) in [5.41, 5.74) is 4.71. The fourth-order valence-electron chi connectivity index (χ4n) is 4.87. The third kappa shape index (κ3) is 3.21. The van der Waals surface area contributed by atoms with Crippen LogP contribution < -0.4 is 0 Å². The molecule has 3 heterocycles. The number of alkyl halides is 1. The summed E-state index contributed by atoms with van der Waals surface area (Å²) in [5, 5.41) is 2.46. The van der Waals surface area contributed by atoms with E-state index in [-0.39, 0.29) is 12.1 Å². The van der Waals surface area contributed by atoms with Gasteiger partial charge in [-0.25, -0.2) is 4.39 Å². The predicted octanol–water partition coefficient (Wildman–Crippen LogP) is 6.50. The van der Waals surface area contributed by atoms with E-state index in [2.05, 4.69) is 86.4 Å². The van der Waals surface area contributed by atoms with Crippen molar-refractivity contribution in [3.05, 3.63) is 70.0 Å². The first-order valence-electron chi connectivity index (χ1n) is 10.1. The van der Waals surface area contributed by atoms with Gasteiger partial charge in [0.25, 0.3) is 0 Å². The highest BCUT2D eigenvalue weighted by Gasteiger charge is 2.39. The molecule has 2 N–H and O–H groups in total. The summed E-state index contributed by atoms with van der Waals surface area (Å²) < 4.78 is 15.9. The maximum Gasteiger partial charge on any atom is 0.118 e. The lowest BCUT2D eigenvalue weighted by molar-refractivity contribution is 0.0672. The average Bonchev–Trinajstić information content (AvgIpc) is 3.22. The number of hydrogen-bond donors (Lipinski definition) is 2. The lowest BCUT2D eigenvalue weighted by Gasteiger charge is -2.42. The Kier molecular flexibility index (Phi) is 4.37. The Morgan fingerprint density at radius 3 is 2.72 bits per heavy atom. The number of H-pyrrole nitrogens is 2. The molecule has 0 aliphatic carbocycles. The van der Waals surface area contributed by atoms with Gasteiger partial charge in [-0.05, 0) is 51.0 Å². The minimum Gasteiger partial charge on any atom is -0.361 e. The molecule has 5 rings (SSSR count). The highest BCUT2D eigenvalue weighted by molar-refractivity contribution is 9.10. The van der Waals surface area contributed by atoms with Crippen LogP contribution in [0.4, 0.5) is 4.39 Å². The molecule has 0 unspecified atom stereocenters. The number of rotatable bonds is 3. The van der Waals surface area contributed by atoms with Crippen LogP contribution in [0.5, 0.6) is 0 Å². The van der Waals surface area contributed by atoms with Gasteiger partial charge in [0.2, 0.25) is 0 Å². The van der Waals surface area contributed by atoms with Crippen molar-refractivity contribution in [1.82, 2.24) is 14.9 Å². The van der Waals surface area contributed by atoms with E-state index in [1.165, 1.54) is 27.6 Å². The number of nitrogens with one attached hydrogen (secondary N) is 2. The monoisotopic (exact) mass is 453 g/mol. The van der Waals surface area contributed by atoms with Crippen molar-refractivity contribution < 1.29 is 4.39 Å². The number of nitrogens with zero attached hydrogens (tertiary/aromatic N) is 1. The number of aromatic amines is 2. The quantitative estimate of drug-likeness (QED) is 0.364. The van der Waals surface area contributed by atoms with Gasteiger partial charge >= 0.3 is 0 Å². The maximum atomic E-state index is 14.8. The first-order valence-corrected chi connectivity index (χ1v) is 10.9. The summed E-state index contributed by atoms with van der Waals surface area (Å²) in [6.45, 7) is 5.94. The van der Waals surface area contributed by atoms with Crippen LogP contribution >= 0.6 is 15.9 Å². The molecule has 2 atom stereocenters. The molecule has 0 bridgehead atoms. The third-order valence-corrected chi connectivity index (χ3v) is 6.54. The van der Waals surface area contributed by atoms with Gasteiger partial charge in [0, 0.05) is 56.3 Å². The summed E-state index contributed by atoms with van der Waals surface area (Å²) in [6.07, 6.45) is 3.01. The van der Waals surface area contributed by atoms with E-state index in [1.807, 2.05) is 0 Å². The summed E-state index contributed by atoms with van der Waals surface area (Å²) in [6, 6.07) is 15.0. The Morgan fingerprint density at radius 2 is 1.93 bits per heavy atom. The second-order valence-corrected chi connectivity index (χ2v) is 9.76. The van der Waals surface area contributed by atoms with Crippen molar-refractivity contribution in [2.24, 2.45) is 0 Å². The van der Waals surface area contributed by atoms with E-state index >= 15 is 0 Å². The average molecular weight is 454 g/mol. The summed E-state index contributed by atoms with van der Waals surface area (Å²) in [5.74, 6) is 0. The van der Waals surface area contributed by atoms with E-state index in [4.69, 9.17) is 0 Å². The number of benzene rings is 2. The standard InChI is InChI=1S/C24H25BrFN3/c1-14-10-18-16-6-4-5-7-20(16)28-22(18)23(29(14)13-24(2,3)26)19-12-27-21-11-15(25)8-9-17(19)21/h4-9,11-12,14,23,27-28H,10,13H2,1-3H3/t14-,23-/m1/s1. The zero-order valence-corrected chi connectivity index (χ0v) is 18.5. The smallest absolute Gasteiger partial charge is 0.118 e. The molecule has 0 radical (unpaired) electrons. The van der Waals surface area contributed by atoms with Crippen molar-refractivity contribution in [2.75, 3.05) is 6.54 Å². The lowest BCUT2D eigenvalue weighted by Crippen LogP contribution is -2.47. The number of aromatic nitrogens is 2. The fourth-order valence-corrected chi connectivity index (χ4v) is 5.23. The fraction of sp³-hybridized carbons (Fsp3) is 0.333. The summed E-state index contributed by atoms with van der Waals surface area (Å²) in [4.78, 5) is 9.43.